The van der Waals surface area contributed by atoms with Crippen LogP contribution >= 0.6 is 0 Å². The van der Waals surface area contributed by atoms with E-state index in [-0.39, 0.29) is 11.5 Å². The number of carbonyl (C=O) groups excluding carboxylic acids is 1. The molecule has 0 aromatic heterocycles. The number of benzene rings is 3. The van der Waals surface area contributed by atoms with Crippen molar-refractivity contribution >= 4 is 34.2 Å². The lowest BCUT2D eigenvalue weighted by molar-refractivity contribution is 0.0977. The van der Waals surface area contributed by atoms with E-state index < -0.39 is 0 Å². The van der Waals surface area contributed by atoms with Gasteiger partial charge in [0, 0.05) is 31.3 Å². The van der Waals surface area contributed by atoms with Crippen molar-refractivity contribution in [2.45, 2.75) is 40.0 Å². The molecule has 1 N–H and O–H groups in total. The first-order valence-electron chi connectivity index (χ1n) is 11.7. The highest BCUT2D eigenvalue weighted by atomic mass is 16.3. The maximum absolute atomic E-state index is 12.1. The van der Waals surface area contributed by atoms with Gasteiger partial charge in [0.05, 0.1) is 28.3 Å². The van der Waals surface area contributed by atoms with Gasteiger partial charge in [-0.25, -0.2) is 0 Å². The quantitative estimate of drug-likeness (QED) is 0.231. The molecule has 34 heavy (non-hydrogen) atoms. The van der Waals surface area contributed by atoms with Crippen LogP contribution in [-0.2, 0) is 0 Å². The zero-order chi connectivity index (χ0) is 24.3. The molecule has 0 amide bonds. The molecule has 0 unspecified atom stereocenters. The molecule has 176 valence electrons. The van der Waals surface area contributed by atoms with Crippen LogP contribution in [0.3, 0.4) is 0 Å². The number of hydrogen-bond acceptors (Lipinski definition) is 7. The number of azo groups is 2. The molecule has 7 heteroatoms. The first-order valence-corrected chi connectivity index (χ1v) is 11.7. The van der Waals surface area contributed by atoms with E-state index in [2.05, 4.69) is 51.3 Å². The highest BCUT2D eigenvalue weighted by Crippen LogP contribution is 2.28. The number of phenols is 1. The van der Waals surface area contributed by atoms with Gasteiger partial charge in [-0.05, 0) is 80.9 Å². The van der Waals surface area contributed by atoms with E-state index in [1.54, 1.807) is 24.3 Å². The van der Waals surface area contributed by atoms with Crippen molar-refractivity contribution < 1.29 is 9.90 Å². The number of Topliss-reactive ketones (excluding diaryl/α,β-unsaturated/α-hetero) is 1. The molecule has 3 aromatic rings. The molecule has 7 nitrogen and oxygen atoms in total. The number of ketones is 1. The molecule has 0 atom stereocenters. The van der Waals surface area contributed by atoms with Crippen molar-refractivity contribution in [3.05, 3.63) is 72.3 Å². The number of anilines is 1. The fourth-order valence-corrected chi connectivity index (χ4v) is 3.43. The van der Waals surface area contributed by atoms with E-state index in [1.165, 1.54) is 11.8 Å². The van der Waals surface area contributed by atoms with E-state index in [0.717, 1.165) is 31.6 Å². The average molecular weight is 458 g/mol. The fraction of sp³-hybridized carbons (Fsp3) is 0.296. The molecule has 3 rings (SSSR count). The molecule has 0 aliphatic carbocycles. The Morgan fingerprint density at radius 1 is 0.735 bits per heavy atom. The van der Waals surface area contributed by atoms with Crippen molar-refractivity contribution in [1.82, 2.24) is 0 Å². The second-order valence-corrected chi connectivity index (χ2v) is 7.83. The van der Waals surface area contributed by atoms with Gasteiger partial charge in [0.2, 0.25) is 0 Å². The summed E-state index contributed by atoms with van der Waals surface area (Å²) in [7, 11) is 0. The summed E-state index contributed by atoms with van der Waals surface area (Å²) in [6.45, 7) is 8.23. The summed E-state index contributed by atoms with van der Waals surface area (Å²) in [6, 6.07) is 20.0. The molecule has 0 fully saturated rings. The van der Waals surface area contributed by atoms with Gasteiger partial charge in [0.25, 0.3) is 0 Å². The lowest BCUT2D eigenvalue weighted by Crippen LogP contribution is -2.21. The third-order valence-corrected chi connectivity index (χ3v) is 5.43. The van der Waals surface area contributed by atoms with Crippen LogP contribution in [0.5, 0.6) is 5.75 Å². The smallest absolute Gasteiger partial charge is 0.166 e. The van der Waals surface area contributed by atoms with Crippen molar-refractivity contribution in [3.8, 4) is 5.75 Å². The van der Waals surface area contributed by atoms with Crippen molar-refractivity contribution in [1.29, 1.82) is 0 Å². The molecule has 0 spiro atoms. The first-order chi connectivity index (χ1) is 16.5. The maximum atomic E-state index is 12.1. The van der Waals surface area contributed by atoms with E-state index in [1.807, 2.05) is 31.2 Å². The Morgan fingerprint density at radius 2 is 1.21 bits per heavy atom. The summed E-state index contributed by atoms with van der Waals surface area (Å²) < 4.78 is 0. The summed E-state index contributed by atoms with van der Waals surface area (Å²) in [6.07, 6.45) is 2.16. The maximum Gasteiger partial charge on any atom is 0.166 e. The molecule has 3 aromatic carbocycles. The first kappa shape index (κ1) is 24.8. The minimum atomic E-state index is -0.0709. The Balaban J connectivity index is 1.61. The Kier molecular flexibility index (Phi) is 9.03. The Hall–Kier alpha value is -3.87. The molecule has 0 aliphatic rings. The predicted octanol–water partition coefficient (Wildman–Crippen LogP) is 8.44. The van der Waals surface area contributed by atoms with Crippen LogP contribution in [0, 0.1) is 0 Å². The molecule has 0 aliphatic heterocycles. The van der Waals surface area contributed by atoms with Crippen LogP contribution in [-0.4, -0.2) is 24.0 Å². The molecular formula is C27H31N5O2. The van der Waals surface area contributed by atoms with E-state index in [0.29, 0.717) is 29.0 Å². The molecule has 0 saturated heterocycles. The molecule has 0 heterocycles. The van der Waals surface area contributed by atoms with E-state index >= 15 is 0 Å². The van der Waals surface area contributed by atoms with Gasteiger partial charge < -0.3 is 10.0 Å². The minimum absolute atomic E-state index is 0.0626. The van der Waals surface area contributed by atoms with Crippen molar-refractivity contribution in [3.63, 3.8) is 0 Å². The Morgan fingerprint density at radius 3 is 1.68 bits per heavy atom. The van der Waals surface area contributed by atoms with Gasteiger partial charge in [-0.3, -0.25) is 4.79 Å². The standard InChI is InChI=1S/C27H31N5O2/c1-4-7-8-26(33)25-18-15-23(19-27(25)34)31-30-21-11-9-20(10-12-21)28-29-22-13-16-24(17-14-22)32(5-2)6-3/h9-19,34H,4-8H2,1-3H3. The SMILES string of the molecule is CCCCC(=O)c1ccc(N=Nc2ccc(N=Nc3ccc(N(CC)CC)cc3)cc2)cc1O. The Labute approximate surface area is 200 Å². The van der Waals surface area contributed by atoms with Crippen LogP contribution < -0.4 is 4.90 Å². The minimum Gasteiger partial charge on any atom is -0.507 e. The van der Waals surface area contributed by atoms with Crippen LogP contribution in [0.15, 0.2) is 87.2 Å². The highest BCUT2D eigenvalue weighted by molar-refractivity contribution is 5.98. The second-order valence-electron chi connectivity index (χ2n) is 7.83. The summed E-state index contributed by atoms with van der Waals surface area (Å²) in [4.78, 5) is 14.4. The molecular weight excluding hydrogens is 426 g/mol. The van der Waals surface area contributed by atoms with Gasteiger partial charge in [-0.2, -0.15) is 20.5 Å². The highest BCUT2D eigenvalue weighted by Gasteiger charge is 2.11. The Bertz CT molecular complexity index is 1130. The normalized spacial score (nSPS) is 11.4. The summed E-state index contributed by atoms with van der Waals surface area (Å²) in [5.74, 6) is -0.133. The number of hydrogen-bond donors (Lipinski definition) is 1. The third kappa shape index (κ3) is 6.81. The second kappa shape index (κ2) is 12.4. The predicted molar refractivity (Wildman–Crippen MR) is 137 cm³/mol. The third-order valence-electron chi connectivity index (χ3n) is 5.43. The molecule has 0 saturated carbocycles. The fourth-order valence-electron chi connectivity index (χ4n) is 3.43. The summed E-state index contributed by atoms with van der Waals surface area (Å²) in [5.41, 5.74) is 4.11. The zero-order valence-electron chi connectivity index (χ0n) is 20.0. The van der Waals surface area contributed by atoms with Crippen LogP contribution in [0.4, 0.5) is 28.4 Å². The lowest BCUT2D eigenvalue weighted by Gasteiger charge is -2.20. The van der Waals surface area contributed by atoms with Gasteiger partial charge in [0.15, 0.2) is 5.78 Å². The topological polar surface area (TPSA) is 90.0 Å². The summed E-state index contributed by atoms with van der Waals surface area (Å²) >= 11 is 0. The largest absolute Gasteiger partial charge is 0.507 e. The zero-order valence-corrected chi connectivity index (χ0v) is 20.0. The van der Waals surface area contributed by atoms with Gasteiger partial charge in [-0.1, -0.05) is 13.3 Å². The number of aromatic hydroxyl groups is 1. The van der Waals surface area contributed by atoms with Crippen molar-refractivity contribution in [2.24, 2.45) is 20.5 Å². The van der Waals surface area contributed by atoms with Crippen LogP contribution in [0.1, 0.15) is 50.4 Å². The number of carbonyl (C=O) groups is 1. The number of phenolic OH excluding ortho intramolecular Hbond substituents is 1. The molecule has 0 bridgehead atoms. The lowest BCUT2D eigenvalue weighted by atomic mass is 10.0. The van der Waals surface area contributed by atoms with Gasteiger partial charge in [0.1, 0.15) is 5.75 Å². The van der Waals surface area contributed by atoms with E-state index in [9.17, 15) is 9.90 Å². The van der Waals surface area contributed by atoms with Crippen LogP contribution in [0.25, 0.3) is 0 Å². The average Bonchev–Trinajstić information content (AvgIpc) is 2.87. The summed E-state index contributed by atoms with van der Waals surface area (Å²) in [5, 5.41) is 27.1. The van der Waals surface area contributed by atoms with Crippen molar-refractivity contribution in [2.75, 3.05) is 18.0 Å². The van der Waals surface area contributed by atoms with E-state index in [4.69, 9.17) is 0 Å². The number of nitrogens with zero attached hydrogens (tertiary/aromatic N) is 5. The van der Waals surface area contributed by atoms with Gasteiger partial charge >= 0.3 is 0 Å². The van der Waals surface area contributed by atoms with Crippen LogP contribution in [0.2, 0.25) is 0 Å². The number of unbranched alkanes of at least 4 members (excludes halogenated alkanes) is 1. The monoisotopic (exact) mass is 457 g/mol. The molecule has 0 radical (unpaired) electrons. The number of rotatable bonds is 11. The van der Waals surface area contributed by atoms with Gasteiger partial charge in [-0.15, -0.1) is 0 Å².